The van der Waals surface area contributed by atoms with Gasteiger partial charge in [0.15, 0.2) is 0 Å². The Kier molecular flexibility index (Phi) is 3.04. The molecule has 1 atom stereocenters. The molecule has 0 aliphatic heterocycles. The third-order valence-corrected chi connectivity index (χ3v) is 1.21. The zero-order chi connectivity index (χ0) is 8.36. The molecular formula is C4H6F3NOS. The molecule has 6 heteroatoms. The van der Waals surface area contributed by atoms with Crippen LogP contribution in [-0.2, 0) is 0 Å². The van der Waals surface area contributed by atoms with Crippen LogP contribution in [0.4, 0.5) is 13.2 Å². The van der Waals surface area contributed by atoms with Gasteiger partial charge in [-0.1, -0.05) is 12.2 Å². The number of thiocarbonyl (C=S) groups is 1. The lowest BCUT2D eigenvalue weighted by Gasteiger charge is -2.15. The molecule has 0 aromatic rings. The lowest BCUT2D eigenvalue weighted by atomic mass is 10.1. The first-order valence-electron chi connectivity index (χ1n) is 2.36. The molecule has 0 heterocycles. The van der Waals surface area contributed by atoms with Crippen molar-refractivity contribution in [2.45, 2.75) is 6.18 Å². The van der Waals surface area contributed by atoms with Crippen molar-refractivity contribution in [3.05, 3.63) is 0 Å². The van der Waals surface area contributed by atoms with Crippen LogP contribution >= 0.6 is 12.2 Å². The Labute approximate surface area is 60.8 Å². The molecule has 60 valence electrons. The van der Waals surface area contributed by atoms with Gasteiger partial charge in [0.1, 0.15) is 5.92 Å². The molecular weight excluding hydrogens is 167 g/mol. The van der Waals surface area contributed by atoms with E-state index in [0.717, 1.165) is 0 Å². The summed E-state index contributed by atoms with van der Waals surface area (Å²) in [5.74, 6) is -2.07. The number of hydrogen-bond acceptors (Lipinski definition) is 2. The minimum atomic E-state index is -4.53. The molecule has 3 N–H and O–H groups in total. The van der Waals surface area contributed by atoms with Gasteiger partial charge in [-0.15, -0.1) is 0 Å². The second kappa shape index (κ2) is 3.16. The molecule has 0 spiro atoms. The summed E-state index contributed by atoms with van der Waals surface area (Å²) in [6.07, 6.45) is -4.53. The predicted octanol–water partition coefficient (Wildman–Crippen LogP) is 0.443. The quantitative estimate of drug-likeness (QED) is 0.596. The summed E-state index contributed by atoms with van der Waals surface area (Å²) >= 11 is 4.06. The number of aliphatic hydroxyl groups excluding tert-OH is 1. The first-order chi connectivity index (χ1) is 4.39. The maximum Gasteiger partial charge on any atom is 0.400 e. The highest BCUT2D eigenvalue weighted by molar-refractivity contribution is 7.80. The van der Waals surface area contributed by atoms with Gasteiger partial charge in [-0.3, -0.25) is 0 Å². The lowest BCUT2D eigenvalue weighted by Crippen LogP contribution is -2.36. The topological polar surface area (TPSA) is 46.2 Å². The van der Waals surface area contributed by atoms with Crippen molar-refractivity contribution in [1.82, 2.24) is 0 Å². The van der Waals surface area contributed by atoms with E-state index in [4.69, 9.17) is 5.11 Å². The van der Waals surface area contributed by atoms with Gasteiger partial charge >= 0.3 is 6.18 Å². The van der Waals surface area contributed by atoms with E-state index in [1.807, 2.05) is 0 Å². The van der Waals surface area contributed by atoms with Crippen molar-refractivity contribution in [3.63, 3.8) is 0 Å². The monoisotopic (exact) mass is 173 g/mol. The van der Waals surface area contributed by atoms with Gasteiger partial charge in [0, 0.05) is 0 Å². The summed E-state index contributed by atoms with van der Waals surface area (Å²) in [7, 11) is 0. The fourth-order valence-corrected chi connectivity index (χ4v) is 0.563. The zero-order valence-corrected chi connectivity index (χ0v) is 5.67. The third-order valence-electron chi connectivity index (χ3n) is 0.921. The van der Waals surface area contributed by atoms with E-state index in [1.165, 1.54) is 0 Å². The third kappa shape index (κ3) is 2.49. The molecule has 10 heavy (non-hydrogen) atoms. The van der Waals surface area contributed by atoms with E-state index in [9.17, 15) is 13.2 Å². The smallest absolute Gasteiger partial charge is 0.395 e. The van der Waals surface area contributed by atoms with E-state index in [0.29, 0.717) is 0 Å². The molecule has 0 aromatic carbocycles. The molecule has 0 aliphatic carbocycles. The minimum absolute atomic E-state index is 0.727. The molecule has 0 saturated heterocycles. The number of nitrogens with two attached hydrogens (primary N) is 1. The Morgan fingerprint density at radius 1 is 1.60 bits per heavy atom. The molecule has 0 fully saturated rings. The summed E-state index contributed by atoms with van der Waals surface area (Å²) in [5.41, 5.74) is 4.68. The maximum absolute atomic E-state index is 11.6. The van der Waals surface area contributed by atoms with Gasteiger partial charge in [-0.2, -0.15) is 13.2 Å². The first kappa shape index (κ1) is 9.64. The Bertz CT molecular complexity index is 135. The molecule has 0 saturated carbocycles. The molecule has 0 bridgehead atoms. The van der Waals surface area contributed by atoms with Crippen LogP contribution in [0.25, 0.3) is 0 Å². The van der Waals surface area contributed by atoms with Crippen molar-refractivity contribution in [2.24, 2.45) is 11.7 Å². The van der Waals surface area contributed by atoms with Crippen LogP contribution in [0.2, 0.25) is 0 Å². The Balaban J connectivity index is 4.22. The van der Waals surface area contributed by atoms with Crippen molar-refractivity contribution >= 4 is 17.2 Å². The summed E-state index contributed by atoms with van der Waals surface area (Å²) in [6.45, 7) is -1.08. The van der Waals surface area contributed by atoms with Crippen molar-refractivity contribution in [2.75, 3.05) is 6.61 Å². The molecule has 0 aliphatic rings. The molecule has 0 amide bonds. The SMILES string of the molecule is NC(=S)C(CO)C(F)(F)F. The van der Waals surface area contributed by atoms with E-state index in [1.54, 1.807) is 0 Å². The van der Waals surface area contributed by atoms with Crippen molar-refractivity contribution < 1.29 is 18.3 Å². The maximum atomic E-state index is 11.6. The summed E-state index contributed by atoms with van der Waals surface area (Å²) in [5, 5.41) is 8.14. The van der Waals surface area contributed by atoms with Crippen LogP contribution in [0.3, 0.4) is 0 Å². The highest BCUT2D eigenvalue weighted by Crippen LogP contribution is 2.25. The second-order valence-electron chi connectivity index (χ2n) is 1.68. The van der Waals surface area contributed by atoms with Gasteiger partial charge < -0.3 is 10.8 Å². The molecule has 0 radical (unpaired) electrons. The largest absolute Gasteiger partial charge is 0.400 e. The number of rotatable bonds is 2. The normalized spacial score (nSPS) is 14.8. The Hall–Kier alpha value is -0.360. The lowest BCUT2D eigenvalue weighted by molar-refractivity contribution is -0.162. The number of hydrogen-bond donors (Lipinski definition) is 2. The Morgan fingerprint density at radius 3 is 2.00 bits per heavy atom. The average Bonchev–Trinajstić information content (AvgIpc) is 1.60. The van der Waals surface area contributed by atoms with Crippen LogP contribution in [0, 0.1) is 5.92 Å². The Morgan fingerprint density at radius 2 is 2.00 bits per heavy atom. The fourth-order valence-electron chi connectivity index (χ4n) is 0.355. The number of halogens is 3. The van der Waals surface area contributed by atoms with Gasteiger partial charge in [0.25, 0.3) is 0 Å². The van der Waals surface area contributed by atoms with Gasteiger partial charge in [-0.05, 0) is 0 Å². The van der Waals surface area contributed by atoms with Gasteiger partial charge in [0.05, 0.1) is 11.6 Å². The predicted molar refractivity (Wildman–Crippen MR) is 33.4 cm³/mol. The van der Waals surface area contributed by atoms with E-state index in [2.05, 4.69) is 18.0 Å². The number of aliphatic hydroxyl groups is 1. The zero-order valence-electron chi connectivity index (χ0n) is 4.85. The van der Waals surface area contributed by atoms with Gasteiger partial charge in [-0.25, -0.2) is 0 Å². The molecule has 0 rings (SSSR count). The van der Waals surface area contributed by atoms with Crippen molar-refractivity contribution in [3.8, 4) is 0 Å². The van der Waals surface area contributed by atoms with Gasteiger partial charge in [0.2, 0.25) is 0 Å². The summed E-state index contributed by atoms with van der Waals surface area (Å²) < 4.78 is 34.9. The van der Waals surface area contributed by atoms with Crippen molar-refractivity contribution in [1.29, 1.82) is 0 Å². The first-order valence-corrected chi connectivity index (χ1v) is 2.77. The average molecular weight is 173 g/mol. The molecule has 0 aromatic heterocycles. The van der Waals surface area contributed by atoms with E-state index < -0.39 is 23.7 Å². The standard InChI is InChI=1S/C4H6F3NOS/c5-4(6,7)2(1-9)3(8)10/h2,9H,1H2,(H2,8,10). The minimum Gasteiger partial charge on any atom is -0.395 e. The van der Waals surface area contributed by atoms with Crippen LogP contribution in [0.15, 0.2) is 0 Å². The molecule has 2 nitrogen and oxygen atoms in total. The van der Waals surface area contributed by atoms with E-state index in [-0.39, 0.29) is 0 Å². The second-order valence-corrected chi connectivity index (χ2v) is 2.15. The van der Waals surface area contributed by atoms with Crippen LogP contribution in [-0.4, -0.2) is 22.9 Å². The molecule has 1 unspecified atom stereocenters. The highest BCUT2D eigenvalue weighted by Gasteiger charge is 2.40. The van der Waals surface area contributed by atoms with Crippen LogP contribution in [0.5, 0.6) is 0 Å². The number of alkyl halides is 3. The van der Waals surface area contributed by atoms with Crippen LogP contribution in [0.1, 0.15) is 0 Å². The fraction of sp³-hybridized carbons (Fsp3) is 0.750. The highest BCUT2D eigenvalue weighted by atomic mass is 32.1. The summed E-state index contributed by atoms with van der Waals surface area (Å²) in [6, 6.07) is 0. The van der Waals surface area contributed by atoms with E-state index >= 15 is 0 Å². The van der Waals surface area contributed by atoms with Crippen LogP contribution < -0.4 is 5.73 Å². The summed E-state index contributed by atoms with van der Waals surface area (Å²) in [4.78, 5) is -0.727.